The van der Waals surface area contributed by atoms with Gasteiger partial charge in [-0.05, 0) is 31.9 Å². The standard InChI is InChI=1S/C14H19ClFNO/c1-7-8(2)18-9(3)13(7)14(17)11-5-4-10(15)6-12(11)16/h4-9,13-14H,17H2,1-3H3. The minimum atomic E-state index is -0.364. The molecule has 0 spiro atoms. The molecule has 0 amide bonds. The first kappa shape index (κ1) is 13.8. The molecule has 100 valence electrons. The van der Waals surface area contributed by atoms with Crippen molar-refractivity contribution in [2.45, 2.75) is 39.0 Å². The first-order chi connectivity index (χ1) is 8.41. The fourth-order valence-electron chi connectivity index (χ4n) is 2.89. The second-order valence-corrected chi connectivity index (χ2v) is 5.61. The number of hydrogen-bond acceptors (Lipinski definition) is 2. The molecule has 5 unspecified atom stereocenters. The van der Waals surface area contributed by atoms with Crippen LogP contribution in [0.5, 0.6) is 0 Å². The van der Waals surface area contributed by atoms with Gasteiger partial charge in [0.05, 0.1) is 12.2 Å². The van der Waals surface area contributed by atoms with Crippen molar-refractivity contribution in [2.75, 3.05) is 0 Å². The lowest BCUT2D eigenvalue weighted by molar-refractivity contribution is 0.0488. The maximum atomic E-state index is 13.9. The van der Waals surface area contributed by atoms with Gasteiger partial charge in [0.2, 0.25) is 0 Å². The lowest BCUT2D eigenvalue weighted by Gasteiger charge is -2.26. The zero-order chi connectivity index (χ0) is 13.4. The van der Waals surface area contributed by atoms with Gasteiger partial charge in [-0.25, -0.2) is 4.39 Å². The molecule has 4 heteroatoms. The summed E-state index contributed by atoms with van der Waals surface area (Å²) >= 11 is 5.76. The molecule has 1 heterocycles. The monoisotopic (exact) mass is 271 g/mol. The Morgan fingerprint density at radius 2 is 1.94 bits per heavy atom. The summed E-state index contributed by atoms with van der Waals surface area (Å²) in [5.41, 5.74) is 6.75. The van der Waals surface area contributed by atoms with E-state index in [0.29, 0.717) is 16.5 Å². The van der Waals surface area contributed by atoms with Crippen LogP contribution in [0.2, 0.25) is 5.02 Å². The predicted octanol–water partition coefficient (Wildman–Crippen LogP) is 3.54. The van der Waals surface area contributed by atoms with Crippen LogP contribution in [0, 0.1) is 17.7 Å². The average molecular weight is 272 g/mol. The molecule has 1 aliphatic heterocycles. The molecule has 0 bridgehead atoms. The summed E-state index contributed by atoms with van der Waals surface area (Å²) < 4.78 is 19.7. The van der Waals surface area contributed by atoms with Crippen LogP contribution in [0.3, 0.4) is 0 Å². The molecule has 2 N–H and O–H groups in total. The Balaban J connectivity index is 2.28. The Morgan fingerprint density at radius 1 is 1.28 bits per heavy atom. The van der Waals surface area contributed by atoms with Gasteiger partial charge in [0.15, 0.2) is 0 Å². The number of ether oxygens (including phenoxy) is 1. The second-order valence-electron chi connectivity index (χ2n) is 5.17. The van der Waals surface area contributed by atoms with Crippen molar-refractivity contribution in [2.24, 2.45) is 17.6 Å². The third-order valence-corrected chi connectivity index (χ3v) is 4.29. The SMILES string of the molecule is CC1OC(C)C(C(N)c2ccc(Cl)cc2F)C1C. The molecule has 1 fully saturated rings. The summed E-state index contributed by atoms with van der Waals surface area (Å²) in [4.78, 5) is 0. The molecule has 1 aromatic rings. The molecule has 2 rings (SSSR count). The molecular formula is C14H19ClFNO. The minimum absolute atomic E-state index is 0.0417. The molecule has 1 saturated heterocycles. The van der Waals surface area contributed by atoms with Gasteiger partial charge in [-0.1, -0.05) is 24.6 Å². The number of nitrogens with two attached hydrogens (primary N) is 1. The lowest BCUT2D eigenvalue weighted by Crippen LogP contribution is -2.31. The van der Waals surface area contributed by atoms with E-state index < -0.39 is 0 Å². The van der Waals surface area contributed by atoms with Crippen molar-refractivity contribution >= 4 is 11.6 Å². The van der Waals surface area contributed by atoms with E-state index >= 15 is 0 Å². The predicted molar refractivity (Wildman–Crippen MR) is 71.0 cm³/mol. The van der Waals surface area contributed by atoms with E-state index in [2.05, 4.69) is 6.92 Å². The summed E-state index contributed by atoms with van der Waals surface area (Å²) in [6.07, 6.45) is 0.200. The molecule has 1 aliphatic rings. The molecule has 0 radical (unpaired) electrons. The summed E-state index contributed by atoms with van der Waals surface area (Å²) in [5, 5.41) is 0.389. The van der Waals surface area contributed by atoms with E-state index in [1.54, 1.807) is 12.1 Å². The molecule has 2 nitrogen and oxygen atoms in total. The number of halogens is 2. The maximum Gasteiger partial charge on any atom is 0.129 e. The highest BCUT2D eigenvalue weighted by Crippen LogP contribution is 2.40. The third kappa shape index (κ3) is 2.40. The van der Waals surface area contributed by atoms with Gasteiger partial charge in [-0.15, -0.1) is 0 Å². The fraction of sp³-hybridized carbons (Fsp3) is 0.571. The Labute approximate surface area is 112 Å². The van der Waals surface area contributed by atoms with E-state index in [4.69, 9.17) is 22.1 Å². The Kier molecular flexibility index (Phi) is 3.95. The maximum absolute atomic E-state index is 13.9. The van der Waals surface area contributed by atoms with E-state index in [1.165, 1.54) is 6.07 Å². The molecule has 0 aromatic heterocycles. The minimum Gasteiger partial charge on any atom is -0.375 e. The van der Waals surface area contributed by atoms with Crippen LogP contribution in [0.25, 0.3) is 0 Å². The van der Waals surface area contributed by atoms with Gasteiger partial charge in [-0.2, -0.15) is 0 Å². The van der Waals surface area contributed by atoms with Gasteiger partial charge in [0.1, 0.15) is 5.82 Å². The molecular weight excluding hydrogens is 253 g/mol. The second kappa shape index (κ2) is 5.16. The van der Waals surface area contributed by atoms with Crippen molar-refractivity contribution in [3.8, 4) is 0 Å². The highest BCUT2D eigenvalue weighted by atomic mass is 35.5. The van der Waals surface area contributed by atoms with Crippen molar-refractivity contribution in [3.05, 3.63) is 34.6 Å². The van der Waals surface area contributed by atoms with Crippen LogP contribution in [0.15, 0.2) is 18.2 Å². The van der Waals surface area contributed by atoms with E-state index in [0.717, 1.165) is 0 Å². The van der Waals surface area contributed by atoms with Crippen molar-refractivity contribution in [1.29, 1.82) is 0 Å². The van der Waals surface area contributed by atoms with Crippen molar-refractivity contribution in [3.63, 3.8) is 0 Å². The van der Waals surface area contributed by atoms with Crippen LogP contribution in [0.4, 0.5) is 4.39 Å². The Hall–Kier alpha value is -0.640. The zero-order valence-corrected chi connectivity index (χ0v) is 11.6. The molecule has 0 saturated carbocycles. The van der Waals surface area contributed by atoms with Crippen LogP contribution >= 0.6 is 11.6 Å². The smallest absolute Gasteiger partial charge is 0.129 e. The van der Waals surface area contributed by atoms with Gasteiger partial charge in [0.25, 0.3) is 0 Å². The summed E-state index contributed by atoms with van der Waals surface area (Å²) in [6, 6.07) is 4.29. The summed E-state index contributed by atoms with van der Waals surface area (Å²) in [7, 11) is 0. The molecule has 18 heavy (non-hydrogen) atoms. The number of benzene rings is 1. The average Bonchev–Trinajstić information content (AvgIpc) is 2.52. The topological polar surface area (TPSA) is 35.2 Å². The lowest BCUT2D eigenvalue weighted by atomic mass is 9.81. The van der Waals surface area contributed by atoms with Gasteiger partial charge in [-0.3, -0.25) is 0 Å². The van der Waals surface area contributed by atoms with Gasteiger partial charge >= 0.3 is 0 Å². The first-order valence-electron chi connectivity index (χ1n) is 6.27. The third-order valence-electron chi connectivity index (χ3n) is 4.06. The van der Waals surface area contributed by atoms with Gasteiger partial charge in [0, 0.05) is 22.5 Å². The zero-order valence-electron chi connectivity index (χ0n) is 10.9. The number of hydrogen-bond donors (Lipinski definition) is 1. The van der Waals surface area contributed by atoms with Crippen molar-refractivity contribution < 1.29 is 9.13 Å². The van der Waals surface area contributed by atoms with Crippen LogP contribution in [0.1, 0.15) is 32.4 Å². The van der Waals surface area contributed by atoms with E-state index in [9.17, 15) is 4.39 Å². The van der Waals surface area contributed by atoms with Crippen LogP contribution < -0.4 is 5.73 Å². The van der Waals surface area contributed by atoms with E-state index in [-0.39, 0.29) is 30.0 Å². The normalized spacial score (nSPS) is 33.7. The quantitative estimate of drug-likeness (QED) is 0.893. The first-order valence-corrected chi connectivity index (χ1v) is 6.65. The highest BCUT2D eigenvalue weighted by Gasteiger charge is 2.41. The van der Waals surface area contributed by atoms with Gasteiger partial charge < -0.3 is 10.5 Å². The number of rotatable bonds is 2. The fourth-order valence-corrected chi connectivity index (χ4v) is 3.05. The largest absolute Gasteiger partial charge is 0.375 e. The van der Waals surface area contributed by atoms with Crippen LogP contribution in [-0.2, 0) is 4.74 Å². The van der Waals surface area contributed by atoms with E-state index in [1.807, 2.05) is 13.8 Å². The van der Waals surface area contributed by atoms with Crippen LogP contribution in [-0.4, -0.2) is 12.2 Å². The molecule has 5 atom stereocenters. The summed E-state index contributed by atoms with van der Waals surface area (Å²) in [6.45, 7) is 6.14. The molecule has 1 aromatic carbocycles. The van der Waals surface area contributed by atoms with Crippen molar-refractivity contribution in [1.82, 2.24) is 0 Å². The Morgan fingerprint density at radius 3 is 2.44 bits per heavy atom. The highest BCUT2D eigenvalue weighted by molar-refractivity contribution is 6.30. The summed E-state index contributed by atoms with van der Waals surface area (Å²) in [5.74, 6) is 0.0923. The Bertz CT molecular complexity index is 440. The molecule has 0 aliphatic carbocycles.